The van der Waals surface area contributed by atoms with Crippen LogP contribution in [-0.2, 0) is 10.0 Å². The van der Waals surface area contributed by atoms with Crippen molar-refractivity contribution in [3.8, 4) is 11.5 Å². The number of sulfonamides is 1. The summed E-state index contributed by atoms with van der Waals surface area (Å²) in [5.41, 5.74) is 0.553. The van der Waals surface area contributed by atoms with E-state index in [0.29, 0.717) is 30.3 Å². The molecule has 1 aliphatic heterocycles. The molecule has 0 amide bonds. The number of halogens is 1. The highest BCUT2D eigenvalue weighted by Gasteiger charge is 2.19. The quantitative estimate of drug-likeness (QED) is 0.784. The predicted molar refractivity (Wildman–Crippen MR) is 91.7 cm³/mol. The van der Waals surface area contributed by atoms with E-state index in [0.717, 1.165) is 4.47 Å². The minimum Gasteiger partial charge on any atom is -0.486 e. The Kier molecular flexibility index (Phi) is 5.09. The van der Waals surface area contributed by atoms with Gasteiger partial charge in [-0.25, -0.2) is 13.1 Å². The second-order valence-electron chi connectivity index (χ2n) is 5.22. The summed E-state index contributed by atoms with van der Waals surface area (Å²) in [6.45, 7) is 0.794. The monoisotopic (exact) mass is 413 g/mol. The lowest BCUT2D eigenvalue weighted by atomic mass is 10.1. The molecule has 128 valence electrons. The van der Waals surface area contributed by atoms with Gasteiger partial charge in [0.15, 0.2) is 11.5 Å². The molecule has 0 bridgehead atoms. The van der Waals surface area contributed by atoms with Gasteiger partial charge in [0.2, 0.25) is 10.0 Å². The van der Waals surface area contributed by atoms with E-state index in [9.17, 15) is 13.5 Å². The normalized spacial score (nSPS) is 15.1. The van der Waals surface area contributed by atoms with E-state index in [2.05, 4.69) is 20.7 Å². The van der Waals surface area contributed by atoms with Crippen LogP contribution < -0.4 is 14.2 Å². The van der Waals surface area contributed by atoms with Crippen LogP contribution in [0.3, 0.4) is 0 Å². The van der Waals surface area contributed by atoms with Crippen molar-refractivity contribution in [2.45, 2.75) is 11.0 Å². The summed E-state index contributed by atoms with van der Waals surface area (Å²) < 4.78 is 38.5. The Hall–Kier alpha value is -1.61. The number of nitrogens with one attached hydrogen (secondary N) is 1. The second-order valence-corrected chi connectivity index (χ2v) is 7.91. The maximum absolute atomic E-state index is 12.2. The number of aliphatic hydroxyl groups excluding tert-OH is 1. The molecule has 2 aromatic rings. The lowest BCUT2D eigenvalue weighted by Gasteiger charge is -2.20. The van der Waals surface area contributed by atoms with Crippen LogP contribution in [0.2, 0.25) is 0 Å². The molecule has 8 heteroatoms. The van der Waals surface area contributed by atoms with Crippen LogP contribution in [0.4, 0.5) is 0 Å². The molecule has 2 N–H and O–H groups in total. The molecule has 2 aromatic carbocycles. The van der Waals surface area contributed by atoms with Gasteiger partial charge in [-0.2, -0.15) is 0 Å². The Morgan fingerprint density at radius 2 is 1.75 bits per heavy atom. The van der Waals surface area contributed by atoms with E-state index in [-0.39, 0.29) is 11.4 Å². The topological polar surface area (TPSA) is 84.9 Å². The number of rotatable bonds is 5. The van der Waals surface area contributed by atoms with E-state index in [4.69, 9.17) is 9.47 Å². The van der Waals surface area contributed by atoms with Crippen molar-refractivity contribution in [1.29, 1.82) is 0 Å². The predicted octanol–water partition coefficient (Wildman–Crippen LogP) is 2.23. The van der Waals surface area contributed by atoms with Crippen molar-refractivity contribution in [2.75, 3.05) is 19.8 Å². The Labute approximate surface area is 148 Å². The molecule has 0 fully saturated rings. The third kappa shape index (κ3) is 3.89. The van der Waals surface area contributed by atoms with Crippen LogP contribution in [0, 0.1) is 0 Å². The summed E-state index contributed by atoms with van der Waals surface area (Å²) in [5, 5.41) is 10.2. The molecular weight excluding hydrogens is 398 g/mol. The summed E-state index contributed by atoms with van der Waals surface area (Å²) in [6, 6.07) is 11.3. The highest BCUT2D eigenvalue weighted by molar-refractivity contribution is 9.10. The fraction of sp³-hybridized carbons (Fsp3) is 0.250. The van der Waals surface area contributed by atoms with Crippen molar-refractivity contribution in [2.24, 2.45) is 0 Å². The van der Waals surface area contributed by atoms with Gasteiger partial charge in [0.25, 0.3) is 0 Å². The van der Waals surface area contributed by atoms with Crippen LogP contribution in [0.1, 0.15) is 11.7 Å². The first-order valence-corrected chi connectivity index (χ1v) is 9.56. The van der Waals surface area contributed by atoms with E-state index in [1.54, 1.807) is 30.3 Å². The first-order valence-electron chi connectivity index (χ1n) is 7.28. The second kappa shape index (κ2) is 7.10. The van der Waals surface area contributed by atoms with Crippen molar-refractivity contribution in [3.05, 3.63) is 52.5 Å². The largest absolute Gasteiger partial charge is 0.486 e. The zero-order chi connectivity index (χ0) is 17.2. The Balaban J connectivity index is 1.68. The minimum absolute atomic E-state index is 0.139. The van der Waals surface area contributed by atoms with Gasteiger partial charge < -0.3 is 14.6 Å². The van der Waals surface area contributed by atoms with Crippen LogP contribution >= 0.6 is 15.9 Å². The first-order chi connectivity index (χ1) is 11.5. The zero-order valence-corrected chi connectivity index (χ0v) is 15.0. The molecule has 1 unspecified atom stereocenters. The van der Waals surface area contributed by atoms with Crippen molar-refractivity contribution < 1.29 is 23.0 Å². The third-order valence-corrected chi connectivity index (χ3v) is 5.51. The minimum atomic E-state index is -3.68. The van der Waals surface area contributed by atoms with Crippen LogP contribution in [0.25, 0.3) is 0 Å². The standard InChI is InChI=1S/C16H16BrNO5S/c17-12-2-4-13(5-3-12)24(20,21)18-10-14(19)11-1-6-15-16(9-11)23-8-7-22-15/h1-6,9,14,18-19H,7-8,10H2. The van der Waals surface area contributed by atoms with Gasteiger partial charge in [0.05, 0.1) is 11.0 Å². The highest BCUT2D eigenvalue weighted by Crippen LogP contribution is 2.32. The maximum Gasteiger partial charge on any atom is 0.240 e. The smallest absolute Gasteiger partial charge is 0.240 e. The number of aliphatic hydroxyl groups is 1. The number of fused-ring (bicyclic) bond motifs is 1. The fourth-order valence-corrected chi connectivity index (χ4v) is 3.57. The molecular formula is C16H16BrNO5S. The molecule has 0 saturated carbocycles. The Bertz CT molecular complexity index is 823. The van der Waals surface area contributed by atoms with Crippen molar-refractivity contribution in [1.82, 2.24) is 4.72 Å². The van der Waals surface area contributed by atoms with E-state index >= 15 is 0 Å². The van der Waals surface area contributed by atoms with E-state index < -0.39 is 16.1 Å². The van der Waals surface area contributed by atoms with Crippen LogP contribution in [0.5, 0.6) is 11.5 Å². The van der Waals surface area contributed by atoms with Crippen LogP contribution in [0.15, 0.2) is 51.8 Å². The SMILES string of the molecule is O=S(=O)(NCC(O)c1ccc2c(c1)OCCO2)c1ccc(Br)cc1. The summed E-state index contributed by atoms with van der Waals surface area (Å²) >= 11 is 3.26. The van der Waals surface area contributed by atoms with Gasteiger partial charge in [-0.15, -0.1) is 0 Å². The summed E-state index contributed by atoms with van der Waals surface area (Å²) in [6.07, 6.45) is -0.994. The molecule has 0 saturated heterocycles. The highest BCUT2D eigenvalue weighted by atomic mass is 79.9. The van der Waals surface area contributed by atoms with Gasteiger partial charge in [-0.1, -0.05) is 22.0 Å². The molecule has 0 spiro atoms. The molecule has 3 rings (SSSR count). The summed E-state index contributed by atoms with van der Waals surface area (Å²) in [4.78, 5) is 0.139. The van der Waals surface area contributed by atoms with Gasteiger partial charge in [-0.3, -0.25) is 0 Å². The van der Waals surface area contributed by atoms with Gasteiger partial charge in [-0.05, 0) is 42.0 Å². The first kappa shape index (κ1) is 17.2. The third-order valence-electron chi connectivity index (χ3n) is 3.54. The van der Waals surface area contributed by atoms with Gasteiger partial charge in [0.1, 0.15) is 13.2 Å². The molecule has 0 radical (unpaired) electrons. The summed E-state index contributed by atoms with van der Waals surface area (Å²) in [7, 11) is -3.68. The lowest BCUT2D eigenvalue weighted by Crippen LogP contribution is -2.28. The van der Waals surface area contributed by atoms with Crippen molar-refractivity contribution >= 4 is 26.0 Å². The van der Waals surface area contributed by atoms with E-state index in [1.165, 1.54) is 12.1 Å². The average Bonchev–Trinajstić information content (AvgIpc) is 2.59. The zero-order valence-electron chi connectivity index (χ0n) is 12.6. The lowest BCUT2D eigenvalue weighted by molar-refractivity contribution is 0.165. The molecule has 0 aromatic heterocycles. The molecule has 1 atom stereocenters. The maximum atomic E-state index is 12.2. The molecule has 0 aliphatic carbocycles. The Morgan fingerprint density at radius 3 is 2.46 bits per heavy atom. The van der Waals surface area contributed by atoms with Crippen LogP contribution in [-0.4, -0.2) is 33.3 Å². The molecule has 24 heavy (non-hydrogen) atoms. The molecule has 1 heterocycles. The van der Waals surface area contributed by atoms with Gasteiger partial charge in [0, 0.05) is 11.0 Å². The Morgan fingerprint density at radius 1 is 1.08 bits per heavy atom. The number of hydrogen-bond acceptors (Lipinski definition) is 5. The van der Waals surface area contributed by atoms with Crippen molar-refractivity contribution in [3.63, 3.8) is 0 Å². The van der Waals surface area contributed by atoms with Gasteiger partial charge >= 0.3 is 0 Å². The number of hydrogen-bond donors (Lipinski definition) is 2. The van der Waals surface area contributed by atoms with E-state index in [1.807, 2.05) is 0 Å². The number of benzene rings is 2. The average molecular weight is 414 g/mol. The number of ether oxygens (including phenoxy) is 2. The molecule has 6 nitrogen and oxygen atoms in total. The summed E-state index contributed by atoms with van der Waals surface area (Å²) in [5.74, 6) is 1.17. The fourth-order valence-electron chi connectivity index (χ4n) is 2.27. The molecule has 1 aliphatic rings.